The number of rotatable bonds is 13. The van der Waals surface area contributed by atoms with Gasteiger partial charge in [0.1, 0.15) is 12.1 Å². The van der Waals surface area contributed by atoms with Gasteiger partial charge >= 0.3 is 0 Å². The van der Waals surface area contributed by atoms with Crippen molar-refractivity contribution in [2.45, 2.75) is 117 Å². The summed E-state index contributed by atoms with van der Waals surface area (Å²) in [5, 5.41) is 6.14. The van der Waals surface area contributed by atoms with Gasteiger partial charge in [-0.25, -0.2) is 4.98 Å². The number of carbonyl (C=O) groups excluding carboxylic acids is 3. The highest BCUT2D eigenvalue weighted by atomic mass is 32.1. The van der Waals surface area contributed by atoms with E-state index < -0.39 is 17.5 Å². The van der Waals surface area contributed by atoms with Crippen molar-refractivity contribution < 1.29 is 14.4 Å². The van der Waals surface area contributed by atoms with Crippen LogP contribution in [0.1, 0.15) is 110 Å². The number of hydrogen-bond donors (Lipinski definition) is 2. The van der Waals surface area contributed by atoms with Crippen LogP contribution in [0.15, 0.2) is 29.8 Å². The number of nitrogens with zero attached hydrogens (tertiary/aromatic N) is 2. The summed E-state index contributed by atoms with van der Waals surface area (Å²) in [5.41, 5.74) is 4.51. The molecule has 2 aromatic rings. The van der Waals surface area contributed by atoms with E-state index in [0.717, 1.165) is 47.4 Å². The average Bonchev–Trinajstić information content (AvgIpc) is 3.58. The molecule has 0 spiro atoms. The summed E-state index contributed by atoms with van der Waals surface area (Å²) in [6, 6.07) is 6.79. The molecule has 1 saturated heterocycles. The molecule has 8 heteroatoms. The summed E-state index contributed by atoms with van der Waals surface area (Å²) < 4.78 is 0. The Morgan fingerprint density at radius 2 is 1.73 bits per heavy atom. The van der Waals surface area contributed by atoms with Crippen LogP contribution in [0.5, 0.6) is 0 Å². The van der Waals surface area contributed by atoms with Gasteiger partial charge in [-0.2, -0.15) is 0 Å². The number of hydrogen-bond acceptors (Lipinski definition) is 5. The molecule has 0 bridgehead atoms. The minimum Gasteiger partial charge on any atom is -0.348 e. The first-order valence-electron chi connectivity index (χ1n) is 14.9. The van der Waals surface area contributed by atoms with Crippen LogP contribution < -0.4 is 10.6 Å². The molecule has 3 unspecified atom stereocenters. The number of aromatic nitrogens is 1. The summed E-state index contributed by atoms with van der Waals surface area (Å²) in [7, 11) is 0. The normalized spacial score (nSPS) is 16.9. The van der Waals surface area contributed by atoms with Crippen LogP contribution in [-0.2, 0) is 14.4 Å². The van der Waals surface area contributed by atoms with Crippen molar-refractivity contribution in [2.24, 2.45) is 5.41 Å². The van der Waals surface area contributed by atoms with Gasteiger partial charge in [-0.1, -0.05) is 84.1 Å². The van der Waals surface area contributed by atoms with Gasteiger partial charge in [-0.3, -0.25) is 14.4 Å². The zero-order valence-corrected chi connectivity index (χ0v) is 26.0. The zero-order chi connectivity index (χ0) is 29.3. The maximum absolute atomic E-state index is 13.8. The molecule has 3 atom stereocenters. The number of benzene rings is 1. The molecule has 220 valence electrons. The molecule has 1 fully saturated rings. The lowest BCUT2D eigenvalue weighted by Crippen LogP contribution is -2.57. The molecular formula is C32H48N4O3S. The SMILES string of the molecule is CCCCCCCCC(=O)NC(C(=O)N1CCCC1C(=O)NC(C)c1ccc(-c2scnc2C)cc1)C(C)(C)C. The standard InChI is InChI=1S/C32H48N4O3S/c1-7-8-9-10-11-12-15-27(37)35-29(32(4,5)6)31(39)36-20-13-14-26(36)30(38)34-22(2)24-16-18-25(19-17-24)28-23(3)33-21-40-28/h16-19,21-22,26,29H,7-15,20H2,1-6H3,(H,34,38)(H,35,37). The second kappa shape index (κ2) is 14.8. The number of aryl methyl sites for hydroxylation is 1. The van der Waals surface area contributed by atoms with Crippen LogP contribution in [0, 0.1) is 12.3 Å². The summed E-state index contributed by atoms with van der Waals surface area (Å²) in [6.45, 7) is 12.6. The molecule has 1 aliphatic heterocycles. The monoisotopic (exact) mass is 568 g/mol. The molecule has 0 aliphatic carbocycles. The quantitative estimate of drug-likeness (QED) is 0.268. The summed E-state index contributed by atoms with van der Waals surface area (Å²) >= 11 is 1.62. The van der Waals surface area contributed by atoms with Crippen molar-refractivity contribution in [1.82, 2.24) is 20.5 Å². The molecule has 3 amide bonds. The second-order valence-corrected chi connectivity index (χ2v) is 13.0. The van der Waals surface area contributed by atoms with E-state index in [9.17, 15) is 14.4 Å². The van der Waals surface area contributed by atoms with E-state index in [4.69, 9.17) is 0 Å². The Balaban J connectivity index is 1.59. The largest absolute Gasteiger partial charge is 0.348 e. The highest BCUT2D eigenvalue weighted by molar-refractivity contribution is 7.13. The van der Waals surface area contributed by atoms with Gasteiger partial charge in [-0.15, -0.1) is 11.3 Å². The first-order chi connectivity index (χ1) is 19.0. The van der Waals surface area contributed by atoms with Crippen molar-refractivity contribution in [3.63, 3.8) is 0 Å². The smallest absolute Gasteiger partial charge is 0.246 e. The average molecular weight is 569 g/mol. The lowest BCUT2D eigenvalue weighted by Gasteiger charge is -2.35. The lowest BCUT2D eigenvalue weighted by atomic mass is 9.85. The molecule has 0 saturated carbocycles. The predicted molar refractivity (Wildman–Crippen MR) is 163 cm³/mol. The number of thiazole rings is 1. The fourth-order valence-corrected chi connectivity index (χ4v) is 6.12. The van der Waals surface area contributed by atoms with Crippen LogP contribution >= 0.6 is 11.3 Å². The molecule has 0 radical (unpaired) electrons. The summed E-state index contributed by atoms with van der Waals surface area (Å²) in [5.74, 6) is -0.403. The van der Waals surface area contributed by atoms with Gasteiger partial charge < -0.3 is 15.5 Å². The zero-order valence-electron chi connectivity index (χ0n) is 25.2. The minimum atomic E-state index is -0.673. The molecule has 40 heavy (non-hydrogen) atoms. The Morgan fingerprint density at radius 1 is 1.05 bits per heavy atom. The van der Waals surface area contributed by atoms with Crippen molar-refractivity contribution in [1.29, 1.82) is 0 Å². The minimum absolute atomic E-state index is 0.0884. The third kappa shape index (κ3) is 8.63. The van der Waals surface area contributed by atoms with Crippen LogP contribution in [0.2, 0.25) is 0 Å². The van der Waals surface area contributed by atoms with Gasteiger partial charge in [-0.05, 0) is 49.7 Å². The Bertz CT molecular complexity index is 1120. The first kappa shape index (κ1) is 31.8. The van der Waals surface area contributed by atoms with Crippen molar-refractivity contribution >= 4 is 29.1 Å². The maximum atomic E-state index is 13.8. The topological polar surface area (TPSA) is 91.4 Å². The molecule has 3 rings (SSSR count). The van der Waals surface area contributed by atoms with Gasteiger partial charge in [0, 0.05) is 13.0 Å². The van der Waals surface area contributed by atoms with E-state index >= 15 is 0 Å². The summed E-state index contributed by atoms with van der Waals surface area (Å²) in [4.78, 5) is 47.1. The molecule has 7 nitrogen and oxygen atoms in total. The molecule has 2 N–H and O–H groups in total. The summed E-state index contributed by atoms with van der Waals surface area (Å²) in [6.07, 6.45) is 8.45. The highest BCUT2D eigenvalue weighted by Crippen LogP contribution is 2.29. The number of amides is 3. The van der Waals surface area contributed by atoms with Crippen LogP contribution in [0.3, 0.4) is 0 Å². The Kier molecular flexibility index (Phi) is 11.7. The fourth-order valence-electron chi connectivity index (χ4n) is 5.31. The van der Waals surface area contributed by atoms with Gasteiger partial charge in [0.2, 0.25) is 17.7 Å². The van der Waals surface area contributed by atoms with E-state index in [0.29, 0.717) is 19.4 Å². The van der Waals surface area contributed by atoms with E-state index in [1.807, 2.05) is 52.3 Å². The highest BCUT2D eigenvalue weighted by Gasteiger charge is 2.42. The van der Waals surface area contributed by atoms with Crippen molar-refractivity contribution in [2.75, 3.05) is 6.54 Å². The molecule has 1 aromatic heterocycles. The Morgan fingerprint density at radius 3 is 2.35 bits per heavy atom. The van der Waals surface area contributed by atoms with E-state index in [1.165, 1.54) is 19.3 Å². The molecule has 1 aromatic carbocycles. The number of nitrogens with one attached hydrogen (secondary N) is 2. The van der Waals surface area contributed by atoms with E-state index in [2.05, 4.69) is 34.7 Å². The van der Waals surface area contributed by atoms with Gasteiger partial charge in [0.25, 0.3) is 0 Å². The van der Waals surface area contributed by atoms with Crippen LogP contribution in [-0.4, -0.2) is 46.2 Å². The molecule has 1 aliphatic rings. The Labute approximate surface area is 244 Å². The van der Waals surface area contributed by atoms with Crippen molar-refractivity contribution in [3.05, 3.63) is 41.0 Å². The van der Waals surface area contributed by atoms with Crippen molar-refractivity contribution in [3.8, 4) is 10.4 Å². The first-order valence-corrected chi connectivity index (χ1v) is 15.8. The van der Waals surface area contributed by atoms with E-state index in [-0.39, 0.29) is 23.8 Å². The number of unbranched alkanes of at least 4 members (excludes halogenated alkanes) is 5. The Hall–Kier alpha value is -2.74. The van der Waals surface area contributed by atoms with Gasteiger partial charge in [0.15, 0.2) is 0 Å². The lowest BCUT2D eigenvalue weighted by molar-refractivity contribution is -0.144. The maximum Gasteiger partial charge on any atom is 0.246 e. The number of likely N-dealkylation sites (tertiary alicyclic amines) is 1. The van der Waals surface area contributed by atoms with Gasteiger partial charge in [0.05, 0.1) is 22.1 Å². The molecular weight excluding hydrogens is 520 g/mol. The number of carbonyl (C=O) groups is 3. The van der Waals surface area contributed by atoms with Crippen LogP contribution in [0.4, 0.5) is 0 Å². The third-order valence-corrected chi connectivity index (χ3v) is 8.77. The third-order valence-electron chi connectivity index (χ3n) is 7.79. The fraction of sp³-hybridized carbons (Fsp3) is 0.625. The second-order valence-electron chi connectivity index (χ2n) is 12.2. The predicted octanol–water partition coefficient (Wildman–Crippen LogP) is 6.57. The van der Waals surface area contributed by atoms with E-state index in [1.54, 1.807) is 16.2 Å². The molecule has 2 heterocycles. The van der Waals surface area contributed by atoms with Crippen LogP contribution in [0.25, 0.3) is 10.4 Å².